The highest BCUT2D eigenvalue weighted by Gasteiger charge is 2.33. The number of hydrogen-bond donors (Lipinski definition) is 1. The largest absolute Gasteiger partial charge is 0.469 e. The van der Waals surface area contributed by atoms with E-state index in [1.54, 1.807) is 0 Å². The molecule has 0 spiro atoms. The van der Waals surface area contributed by atoms with Crippen LogP contribution in [0, 0.1) is 26.7 Å². The molecule has 1 amide bonds. The predicted molar refractivity (Wildman–Crippen MR) is 116 cm³/mol. The number of ether oxygens (including phenoxy) is 1. The molecule has 8 heteroatoms. The number of piperidine rings is 1. The van der Waals surface area contributed by atoms with E-state index in [2.05, 4.69) is 10.1 Å². The van der Waals surface area contributed by atoms with Gasteiger partial charge in [-0.2, -0.15) is 4.31 Å². The van der Waals surface area contributed by atoms with E-state index in [-0.39, 0.29) is 17.8 Å². The maximum Gasteiger partial charge on any atom is 0.305 e. The number of esters is 1. The van der Waals surface area contributed by atoms with Crippen LogP contribution in [-0.2, 0) is 24.3 Å². The highest BCUT2D eigenvalue weighted by atomic mass is 32.2. The molecule has 7 nitrogen and oxygen atoms in total. The molecule has 0 radical (unpaired) electrons. The standard InChI is InChI=1S/C22H34N2O5S/c1-16-14-17(2)21(18(3)15-16)30(27,28)24-12-9-19(10-13-24)22(26)23-11-7-5-6-8-20(25)29-4/h14-15,19H,5-13H2,1-4H3,(H,23,26). The van der Waals surface area contributed by atoms with Crippen molar-refractivity contribution in [2.45, 2.75) is 64.2 Å². The van der Waals surface area contributed by atoms with E-state index >= 15 is 0 Å². The first kappa shape index (κ1) is 24.3. The molecular weight excluding hydrogens is 404 g/mol. The number of methoxy groups -OCH3 is 1. The molecule has 168 valence electrons. The third-order valence-corrected chi connectivity index (χ3v) is 7.82. The first-order valence-corrected chi connectivity index (χ1v) is 12.0. The molecule has 0 saturated carbocycles. The van der Waals surface area contributed by atoms with Gasteiger partial charge in [0.25, 0.3) is 0 Å². The molecule has 1 N–H and O–H groups in total. The summed E-state index contributed by atoms with van der Waals surface area (Å²) >= 11 is 0. The molecule has 0 bridgehead atoms. The van der Waals surface area contributed by atoms with Gasteiger partial charge in [0.05, 0.1) is 12.0 Å². The fraction of sp³-hybridized carbons (Fsp3) is 0.636. The molecule has 1 saturated heterocycles. The molecule has 0 atom stereocenters. The van der Waals surface area contributed by atoms with Crippen LogP contribution in [0.3, 0.4) is 0 Å². The van der Waals surface area contributed by atoms with Crippen molar-refractivity contribution in [1.82, 2.24) is 9.62 Å². The zero-order chi connectivity index (χ0) is 22.3. The predicted octanol–water partition coefficient (Wildman–Crippen LogP) is 2.86. The summed E-state index contributed by atoms with van der Waals surface area (Å²) in [6.07, 6.45) is 3.85. The average Bonchev–Trinajstić information content (AvgIpc) is 2.69. The number of nitrogens with zero attached hydrogens (tertiary/aromatic N) is 1. The third kappa shape index (κ3) is 6.28. The Kier molecular flexibility index (Phi) is 8.85. The second-order valence-electron chi connectivity index (χ2n) is 8.08. The number of hydrogen-bond acceptors (Lipinski definition) is 5. The monoisotopic (exact) mass is 438 g/mol. The highest BCUT2D eigenvalue weighted by molar-refractivity contribution is 7.89. The summed E-state index contributed by atoms with van der Waals surface area (Å²) in [6.45, 7) is 6.90. The Balaban J connectivity index is 1.82. The van der Waals surface area contributed by atoms with Gasteiger partial charge in [0.15, 0.2) is 0 Å². The van der Waals surface area contributed by atoms with Crippen LogP contribution < -0.4 is 5.32 Å². The van der Waals surface area contributed by atoms with E-state index in [4.69, 9.17) is 0 Å². The van der Waals surface area contributed by atoms with Crippen LogP contribution in [0.1, 0.15) is 55.2 Å². The van der Waals surface area contributed by atoms with Crippen molar-refractivity contribution < 1.29 is 22.7 Å². The number of amides is 1. The van der Waals surface area contributed by atoms with Crippen molar-refractivity contribution in [3.05, 3.63) is 28.8 Å². The number of benzene rings is 1. The molecule has 2 rings (SSSR count). The van der Waals surface area contributed by atoms with Gasteiger partial charge in [-0.15, -0.1) is 0 Å². The Hall–Kier alpha value is -1.93. The lowest BCUT2D eigenvalue weighted by molar-refractivity contribution is -0.140. The smallest absolute Gasteiger partial charge is 0.305 e. The van der Waals surface area contributed by atoms with Crippen molar-refractivity contribution in [3.8, 4) is 0 Å². The normalized spacial score (nSPS) is 15.7. The van der Waals surface area contributed by atoms with Crippen LogP contribution in [0.4, 0.5) is 0 Å². The average molecular weight is 439 g/mol. The molecule has 30 heavy (non-hydrogen) atoms. The summed E-state index contributed by atoms with van der Waals surface area (Å²) < 4.78 is 32.4. The molecule has 1 aliphatic rings. The van der Waals surface area contributed by atoms with Crippen LogP contribution in [-0.4, -0.2) is 51.3 Å². The van der Waals surface area contributed by atoms with E-state index in [0.717, 1.165) is 36.0 Å². The highest BCUT2D eigenvalue weighted by Crippen LogP contribution is 2.28. The second-order valence-corrected chi connectivity index (χ2v) is 9.96. The van der Waals surface area contributed by atoms with Crippen LogP contribution in [0.15, 0.2) is 17.0 Å². The maximum absolute atomic E-state index is 13.2. The summed E-state index contributed by atoms with van der Waals surface area (Å²) in [5.41, 5.74) is 2.57. The number of carbonyl (C=O) groups excluding carboxylic acids is 2. The fourth-order valence-corrected chi connectivity index (χ4v) is 5.97. The third-order valence-electron chi connectivity index (χ3n) is 5.61. The Labute approximate surface area is 180 Å². The van der Waals surface area contributed by atoms with Crippen LogP contribution in [0.25, 0.3) is 0 Å². The Bertz CT molecular complexity index is 835. The van der Waals surface area contributed by atoms with Gasteiger partial charge in [-0.1, -0.05) is 24.1 Å². The van der Waals surface area contributed by atoms with Crippen molar-refractivity contribution in [2.24, 2.45) is 5.92 Å². The van der Waals surface area contributed by atoms with Crippen molar-refractivity contribution in [1.29, 1.82) is 0 Å². The van der Waals surface area contributed by atoms with Crippen LogP contribution in [0.2, 0.25) is 0 Å². The summed E-state index contributed by atoms with van der Waals surface area (Å²) in [5, 5.41) is 2.94. The Morgan fingerprint density at radius 2 is 1.67 bits per heavy atom. The second kappa shape index (κ2) is 10.9. The maximum atomic E-state index is 13.2. The number of aryl methyl sites for hydroxylation is 3. The van der Waals surface area contributed by atoms with Gasteiger partial charge in [-0.05, 0) is 57.6 Å². The topological polar surface area (TPSA) is 92.8 Å². The molecule has 1 aromatic carbocycles. The minimum absolute atomic E-state index is 0.0114. The van der Waals surface area contributed by atoms with Gasteiger partial charge in [0, 0.05) is 32.0 Å². The molecule has 0 unspecified atom stereocenters. The molecule has 1 aliphatic heterocycles. The first-order valence-electron chi connectivity index (χ1n) is 10.6. The van der Waals surface area contributed by atoms with Gasteiger partial charge in [0.1, 0.15) is 0 Å². The lowest BCUT2D eigenvalue weighted by Gasteiger charge is -2.31. The number of sulfonamides is 1. The quantitative estimate of drug-likeness (QED) is 0.473. The first-order chi connectivity index (χ1) is 14.2. The summed E-state index contributed by atoms with van der Waals surface area (Å²) in [6, 6.07) is 3.79. The zero-order valence-corrected chi connectivity index (χ0v) is 19.3. The summed E-state index contributed by atoms with van der Waals surface area (Å²) in [5.74, 6) is -0.383. The molecular formula is C22H34N2O5S. The van der Waals surface area contributed by atoms with Crippen molar-refractivity contribution in [3.63, 3.8) is 0 Å². The number of carbonyl (C=O) groups is 2. The van der Waals surface area contributed by atoms with Gasteiger partial charge in [0.2, 0.25) is 15.9 Å². The zero-order valence-electron chi connectivity index (χ0n) is 18.5. The van der Waals surface area contributed by atoms with Gasteiger partial charge < -0.3 is 10.1 Å². The lowest BCUT2D eigenvalue weighted by Crippen LogP contribution is -2.43. The minimum Gasteiger partial charge on any atom is -0.469 e. The van der Waals surface area contributed by atoms with Crippen LogP contribution >= 0.6 is 0 Å². The summed E-state index contributed by atoms with van der Waals surface area (Å²) in [4.78, 5) is 23.9. The van der Waals surface area contributed by atoms with E-state index in [1.165, 1.54) is 11.4 Å². The van der Waals surface area contributed by atoms with E-state index in [1.807, 2.05) is 32.9 Å². The number of nitrogens with one attached hydrogen (secondary N) is 1. The SMILES string of the molecule is COC(=O)CCCCCNC(=O)C1CCN(S(=O)(=O)c2c(C)cc(C)cc2C)CC1. The van der Waals surface area contributed by atoms with E-state index in [9.17, 15) is 18.0 Å². The Morgan fingerprint density at radius 3 is 2.23 bits per heavy atom. The number of unbranched alkanes of at least 4 members (excludes halogenated alkanes) is 2. The van der Waals surface area contributed by atoms with Crippen LogP contribution in [0.5, 0.6) is 0 Å². The molecule has 1 fully saturated rings. The van der Waals surface area contributed by atoms with E-state index in [0.29, 0.717) is 43.8 Å². The van der Waals surface area contributed by atoms with Gasteiger partial charge in [-0.25, -0.2) is 8.42 Å². The van der Waals surface area contributed by atoms with E-state index < -0.39 is 10.0 Å². The van der Waals surface area contributed by atoms with Crippen molar-refractivity contribution >= 4 is 21.9 Å². The molecule has 1 heterocycles. The van der Waals surface area contributed by atoms with Gasteiger partial charge in [-0.3, -0.25) is 9.59 Å². The minimum atomic E-state index is -3.56. The van der Waals surface area contributed by atoms with Gasteiger partial charge >= 0.3 is 5.97 Å². The Morgan fingerprint density at radius 1 is 1.07 bits per heavy atom. The molecule has 1 aromatic rings. The summed E-state index contributed by atoms with van der Waals surface area (Å²) in [7, 11) is -2.18. The van der Waals surface area contributed by atoms with Crippen molar-refractivity contribution in [2.75, 3.05) is 26.7 Å². The molecule has 0 aliphatic carbocycles. The fourth-order valence-electron chi connectivity index (χ4n) is 4.09. The molecule has 0 aromatic heterocycles. The lowest BCUT2D eigenvalue weighted by atomic mass is 9.97. The number of rotatable bonds is 9.